The standard InChI is InChI=1S/C18H28N2O2/c1-3-4-12-22-17-9-7-16(8-10-17)18(21)20-11-5-6-15(14-20)13-19-2/h7-10,15,19H,3-6,11-14H2,1-2H3. The van der Waals surface area contributed by atoms with Crippen molar-refractivity contribution in [1.29, 1.82) is 0 Å². The quantitative estimate of drug-likeness (QED) is 0.788. The highest BCUT2D eigenvalue weighted by Crippen LogP contribution is 2.19. The zero-order valence-electron chi connectivity index (χ0n) is 13.8. The lowest BCUT2D eigenvalue weighted by Gasteiger charge is -2.32. The molecule has 1 unspecified atom stereocenters. The Morgan fingerprint density at radius 3 is 2.82 bits per heavy atom. The first kappa shape index (κ1) is 16.8. The van der Waals surface area contributed by atoms with E-state index in [0.29, 0.717) is 5.92 Å². The number of carbonyl (C=O) groups excluding carboxylic acids is 1. The zero-order chi connectivity index (χ0) is 15.8. The summed E-state index contributed by atoms with van der Waals surface area (Å²) in [5.74, 6) is 1.55. The molecular formula is C18H28N2O2. The minimum absolute atomic E-state index is 0.140. The Bertz CT molecular complexity index is 457. The highest BCUT2D eigenvalue weighted by molar-refractivity contribution is 5.94. The van der Waals surface area contributed by atoms with Crippen LogP contribution in [0.25, 0.3) is 0 Å². The topological polar surface area (TPSA) is 41.6 Å². The van der Waals surface area contributed by atoms with Crippen LogP contribution in [0.3, 0.4) is 0 Å². The van der Waals surface area contributed by atoms with Gasteiger partial charge in [0.05, 0.1) is 6.61 Å². The van der Waals surface area contributed by atoms with Crippen LogP contribution in [0.2, 0.25) is 0 Å². The number of hydrogen-bond donors (Lipinski definition) is 1. The number of nitrogens with one attached hydrogen (secondary N) is 1. The number of nitrogens with zero attached hydrogens (tertiary/aromatic N) is 1. The number of rotatable bonds is 7. The van der Waals surface area contributed by atoms with Crippen molar-refractivity contribution in [3.8, 4) is 5.75 Å². The van der Waals surface area contributed by atoms with Gasteiger partial charge in [-0.15, -0.1) is 0 Å². The van der Waals surface area contributed by atoms with Crippen LogP contribution in [-0.4, -0.2) is 44.1 Å². The molecule has 1 heterocycles. The molecule has 1 atom stereocenters. The summed E-state index contributed by atoms with van der Waals surface area (Å²) in [6.45, 7) is 5.59. The number of likely N-dealkylation sites (tertiary alicyclic amines) is 1. The normalized spacial score (nSPS) is 18.3. The Labute approximate surface area is 133 Å². The van der Waals surface area contributed by atoms with E-state index in [1.807, 2.05) is 36.2 Å². The lowest BCUT2D eigenvalue weighted by molar-refractivity contribution is 0.0674. The van der Waals surface area contributed by atoms with E-state index in [-0.39, 0.29) is 5.91 Å². The van der Waals surface area contributed by atoms with Crippen molar-refractivity contribution in [3.63, 3.8) is 0 Å². The van der Waals surface area contributed by atoms with Gasteiger partial charge < -0.3 is 15.0 Å². The van der Waals surface area contributed by atoms with E-state index in [2.05, 4.69) is 12.2 Å². The summed E-state index contributed by atoms with van der Waals surface area (Å²) < 4.78 is 5.64. The second kappa shape index (κ2) is 8.79. The number of hydrogen-bond acceptors (Lipinski definition) is 3. The van der Waals surface area contributed by atoms with Crippen LogP contribution in [0.15, 0.2) is 24.3 Å². The highest BCUT2D eigenvalue weighted by Gasteiger charge is 2.23. The summed E-state index contributed by atoms with van der Waals surface area (Å²) in [7, 11) is 1.97. The van der Waals surface area contributed by atoms with E-state index in [1.54, 1.807) is 0 Å². The number of amides is 1. The fourth-order valence-electron chi connectivity index (χ4n) is 2.92. The fraction of sp³-hybridized carbons (Fsp3) is 0.611. The van der Waals surface area contributed by atoms with Crippen LogP contribution in [0, 0.1) is 5.92 Å². The summed E-state index contributed by atoms with van der Waals surface area (Å²) >= 11 is 0. The lowest BCUT2D eigenvalue weighted by atomic mass is 9.97. The lowest BCUT2D eigenvalue weighted by Crippen LogP contribution is -2.42. The molecule has 0 radical (unpaired) electrons. The molecule has 2 rings (SSSR count). The van der Waals surface area contributed by atoms with Gasteiger partial charge in [0.15, 0.2) is 0 Å². The first-order valence-corrected chi connectivity index (χ1v) is 8.41. The van der Waals surface area contributed by atoms with E-state index in [4.69, 9.17) is 4.74 Å². The fourth-order valence-corrected chi connectivity index (χ4v) is 2.92. The third-order valence-corrected chi connectivity index (χ3v) is 4.17. The molecule has 1 aliphatic rings. The average molecular weight is 304 g/mol. The number of benzene rings is 1. The Balaban J connectivity index is 1.91. The molecule has 4 heteroatoms. The van der Waals surface area contributed by atoms with Gasteiger partial charge in [0, 0.05) is 18.7 Å². The van der Waals surface area contributed by atoms with Crippen LogP contribution in [-0.2, 0) is 0 Å². The van der Waals surface area contributed by atoms with Crippen LogP contribution in [0.5, 0.6) is 5.75 Å². The van der Waals surface area contributed by atoms with E-state index in [1.165, 1.54) is 6.42 Å². The molecule has 1 aromatic carbocycles. The van der Waals surface area contributed by atoms with E-state index in [0.717, 1.165) is 56.8 Å². The number of piperidine rings is 1. The molecule has 0 saturated carbocycles. The van der Waals surface area contributed by atoms with Gasteiger partial charge >= 0.3 is 0 Å². The second-order valence-corrected chi connectivity index (χ2v) is 6.04. The second-order valence-electron chi connectivity index (χ2n) is 6.04. The summed E-state index contributed by atoms with van der Waals surface area (Å²) in [6.07, 6.45) is 4.48. The molecule has 122 valence electrons. The molecule has 22 heavy (non-hydrogen) atoms. The van der Waals surface area contributed by atoms with Crippen LogP contribution < -0.4 is 10.1 Å². The van der Waals surface area contributed by atoms with Gasteiger partial charge in [0.25, 0.3) is 5.91 Å². The van der Waals surface area contributed by atoms with Gasteiger partial charge in [-0.2, -0.15) is 0 Å². The first-order chi connectivity index (χ1) is 10.7. The zero-order valence-corrected chi connectivity index (χ0v) is 13.8. The average Bonchev–Trinajstić information content (AvgIpc) is 2.56. The van der Waals surface area contributed by atoms with E-state index >= 15 is 0 Å². The number of ether oxygens (including phenoxy) is 1. The van der Waals surface area contributed by atoms with Gasteiger partial charge in [-0.25, -0.2) is 0 Å². The van der Waals surface area contributed by atoms with Gasteiger partial charge in [-0.1, -0.05) is 13.3 Å². The SMILES string of the molecule is CCCCOc1ccc(C(=O)N2CCCC(CNC)C2)cc1. The molecule has 1 aliphatic heterocycles. The van der Waals surface area contributed by atoms with Gasteiger partial charge in [-0.3, -0.25) is 4.79 Å². The van der Waals surface area contributed by atoms with Crippen molar-refractivity contribution in [2.75, 3.05) is 33.3 Å². The largest absolute Gasteiger partial charge is 0.494 e. The van der Waals surface area contributed by atoms with Crippen molar-refractivity contribution in [2.24, 2.45) is 5.92 Å². The molecule has 1 saturated heterocycles. The molecular weight excluding hydrogens is 276 g/mol. The summed E-state index contributed by atoms with van der Waals surface area (Å²) in [4.78, 5) is 14.6. The third-order valence-electron chi connectivity index (χ3n) is 4.17. The Kier molecular flexibility index (Phi) is 6.72. The summed E-state index contributed by atoms with van der Waals surface area (Å²) in [5.41, 5.74) is 0.757. The predicted octanol–water partition coefficient (Wildman–Crippen LogP) is 2.94. The highest BCUT2D eigenvalue weighted by atomic mass is 16.5. The van der Waals surface area contributed by atoms with Gasteiger partial charge in [-0.05, 0) is 63.0 Å². The van der Waals surface area contributed by atoms with Crippen LogP contribution >= 0.6 is 0 Å². The molecule has 4 nitrogen and oxygen atoms in total. The molecule has 1 amide bonds. The molecule has 1 aromatic rings. The van der Waals surface area contributed by atoms with Crippen molar-refractivity contribution in [2.45, 2.75) is 32.6 Å². The van der Waals surface area contributed by atoms with Crippen molar-refractivity contribution in [1.82, 2.24) is 10.2 Å². The maximum atomic E-state index is 12.6. The van der Waals surface area contributed by atoms with Crippen molar-refractivity contribution in [3.05, 3.63) is 29.8 Å². The Morgan fingerprint density at radius 1 is 1.36 bits per heavy atom. The Morgan fingerprint density at radius 2 is 2.14 bits per heavy atom. The van der Waals surface area contributed by atoms with Crippen LogP contribution in [0.4, 0.5) is 0 Å². The van der Waals surface area contributed by atoms with E-state index < -0.39 is 0 Å². The Hall–Kier alpha value is -1.55. The minimum Gasteiger partial charge on any atom is -0.494 e. The summed E-state index contributed by atoms with van der Waals surface area (Å²) in [6, 6.07) is 7.56. The maximum absolute atomic E-state index is 12.6. The number of carbonyl (C=O) groups is 1. The van der Waals surface area contributed by atoms with Gasteiger partial charge in [0.1, 0.15) is 5.75 Å². The number of unbranched alkanes of at least 4 members (excludes halogenated alkanes) is 1. The molecule has 0 bridgehead atoms. The monoisotopic (exact) mass is 304 g/mol. The third kappa shape index (κ3) is 4.73. The molecule has 1 N–H and O–H groups in total. The van der Waals surface area contributed by atoms with Crippen molar-refractivity contribution < 1.29 is 9.53 Å². The molecule has 0 aromatic heterocycles. The molecule has 0 spiro atoms. The first-order valence-electron chi connectivity index (χ1n) is 8.41. The molecule has 1 fully saturated rings. The van der Waals surface area contributed by atoms with Crippen molar-refractivity contribution >= 4 is 5.91 Å². The van der Waals surface area contributed by atoms with Gasteiger partial charge in [0.2, 0.25) is 0 Å². The van der Waals surface area contributed by atoms with Crippen LogP contribution in [0.1, 0.15) is 43.0 Å². The smallest absolute Gasteiger partial charge is 0.253 e. The minimum atomic E-state index is 0.140. The molecule has 0 aliphatic carbocycles. The predicted molar refractivity (Wildman–Crippen MR) is 89.4 cm³/mol. The van der Waals surface area contributed by atoms with E-state index in [9.17, 15) is 4.79 Å². The summed E-state index contributed by atoms with van der Waals surface area (Å²) in [5, 5.41) is 3.21. The maximum Gasteiger partial charge on any atom is 0.253 e.